The van der Waals surface area contributed by atoms with Crippen molar-refractivity contribution < 1.29 is 9.26 Å². The van der Waals surface area contributed by atoms with Crippen molar-refractivity contribution in [3.05, 3.63) is 11.7 Å². The van der Waals surface area contributed by atoms with Crippen molar-refractivity contribution in [1.82, 2.24) is 15.5 Å². The zero-order valence-electron chi connectivity index (χ0n) is 9.90. The summed E-state index contributed by atoms with van der Waals surface area (Å²) in [6, 6.07) is 0.255. The standard InChI is InChI=1S/C11H19N3O2/c1-8(2)15-7-10-13-11(14-16-10)9-5-3-4-6-12-9/h8-9,12H,3-7H2,1-2H3. The fraction of sp³-hybridized carbons (Fsp3) is 0.818. The topological polar surface area (TPSA) is 60.2 Å². The Morgan fingerprint density at radius 1 is 1.50 bits per heavy atom. The number of aromatic nitrogens is 2. The first-order valence-electron chi connectivity index (χ1n) is 5.93. The highest BCUT2D eigenvalue weighted by Gasteiger charge is 2.20. The van der Waals surface area contributed by atoms with E-state index in [1.807, 2.05) is 13.8 Å². The molecule has 1 fully saturated rings. The van der Waals surface area contributed by atoms with E-state index in [4.69, 9.17) is 9.26 Å². The summed E-state index contributed by atoms with van der Waals surface area (Å²) in [4.78, 5) is 4.34. The molecule has 1 N–H and O–H groups in total. The second-order valence-corrected chi connectivity index (χ2v) is 4.41. The normalized spacial score (nSPS) is 21.6. The molecule has 0 amide bonds. The van der Waals surface area contributed by atoms with Gasteiger partial charge in [0, 0.05) is 0 Å². The Bertz CT molecular complexity index is 319. The summed E-state index contributed by atoms with van der Waals surface area (Å²) >= 11 is 0. The highest BCUT2D eigenvalue weighted by atomic mass is 16.5. The van der Waals surface area contributed by atoms with Crippen LogP contribution in [0.25, 0.3) is 0 Å². The van der Waals surface area contributed by atoms with Gasteiger partial charge < -0.3 is 14.6 Å². The van der Waals surface area contributed by atoms with Gasteiger partial charge in [-0.25, -0.2) is 0 Å². The lowest BCUT2D eigenvalue weighted by Crippen LogP contribution is -2.27. The van der Waals surface area contributed by atoms with Crippen LogP contribution in [-0.2, 0) is 11.3 Å². The fourth-order valence-electron chi connectivity index (χ4n) is 1.78. The maximum absolute atomic E-state index is 5.41. The van der Waals surface area contributed by atoms with E-state index in [1.165, 1.54) is 12.8 Å². The molecule has 1 atom stereocenters. The summed E-state index contributed by atoms with van der Waals surface area (Å²) in [6.45, 7) is 5.41. The predicted octanol–water partition coefficient (Wildman–Crippen LogP) is 1.81. The number of nitrogens with zero attached hydrogens (tertiary/aromatic N) is 2. The zero-order chi connectivity index (χ0) is 11.4. The van der Waals surface area contributed by atoms with E-state index in [0.717, 1.165) is 18.8 Å². The highest BCUT2D eigenvalue weighted by molar-refractivity contribution is 4.95. The van der Waals surface area contributed by atoms with Gasteiger partial charge in [0.1, 0.15) is 6.61 Å². The average molecular weight is 225 g/mol. The molecule has 5 nitrogen and oxygen atoms in total. The van der Waals surface area contributed by atoms with Gasteiger partial charge in [-0.15, -0.1) is 0 Å². The summed E-state index contributed by atoms with van der Waals surface area (Å²) in [5.41, 5.74) is 0. The highest BCUT2D eigenvalue weighted by Crippen LogP contribution is 2.20. The van der Waals surface area contributed by atoms with Crippen molar-refractivity contribution in [3.8, 4) is 0 Å². The van der Waals surface area contributed by atoms with E-state index in [1.54, 1.807) is 0 Å². The van der Waals surface area contributed by atoms with Crippen molar-refractivity contribution in [2.24, 2.45) is 0 Å². The number of nitrogens with one attached hydrogen (secondary N) is 1. The van der Waals surface area contributed by atoms with Gasteiger partial charge in [-0.05, 0) is 33.2 Å². The molecular weight excluding hydrogens is 206 g/mol. The van der Waals surface area contributed by atoms with Crippen molar-refractivity contribution in [1.29, 1.82) is 0 Å². The Morgan fingerprint density at radius 3 is 3.06 bits per heavy atom. The van der Waals surface area contributed by atoms with Crippen LogP contribution < -0.4 is 5.32 Å². The minimum Gasteiger partial charge on any atom is -0.369 e. The zero-order valence-corrected chi connectivity index (χ0v) is 9.90. The van der Waals surface area contributed by atoms with Gasteiger partial charge in [-0.2, -0.15) is 4.98 Å². The molecule has 16 heavy (non-hydrogen) atoms. The number of hydrogen-bond acceptors (Lipinski definition) is 5. The lowest BCUT2D eigenvalue weighted by Gasteiger charge is -2.19. The van der Waals surface area contributed by atoms with Crippen molar-refractivity contribution in [3.63, 3.8) is 0 Å². The van der Waals surface area contributed by atoms with Crippen molar-refractivity contribution in [2.75, 3.05) is 6.54 Å². The van der Waals surface area contributed by atoms with Crippen molar-refractivity contribution >= 4 is 0 Å². The van der Waals surface area contributed by atoms with Crippen LogP contribution in [0.1, 0.15) is 50.9 Å². The van der Waals surface area contributed by atoms with Crippen LogP contribution >= 0.6 is 0 Å². The van der Waals surface area contributed by atoms with Crippen LogP contribution in [0.3, 0.4) is 0 Å². The Labute approximate surface area is 95.6 Å². The largest absolute Gasteiger partial charge is 0.369 e. The first kappa shape index (κ1) is 11.5. The molecule has 0 aromatic carbocycles. The SMILES string of the molecule is CC(C)OCc1nc(C2CCCCN2)no1. The molecule has 1 saturated heterocycles. The fourth-order valence-corrected chi connectivity index (χ4v) is 1.78. The molecule has 0 radical (unpaired) electrons. The van der Waals surface area contributed by atoms with Gasteiger partial charge >= 0.3 is 0 Å². The predicted molar refractivity (Wildman–Crippen MR) is 58.8 cm³/mol. The molecule has 0 spiro atoms. The van der Waals surface area contributed by atoms with Crippen molar-refractivity contribution in [2.45, 2.75) is 51.9 Å². The molecule has 5 heteroatoms. The maximum Gasteiger partial charge on any atom is 0.252 e. The summed E-state index contributed by atoms with van der Waals surface area (Å²) in [5.74, 6) is 1.33. The molecule has 1 aliphatic heterocycles. The third-order valence-electron chi connectivity index (χ3n) is 2.65. The van der Waals surface area contributed by atoms with E-state index >= 15 is 0 Å². The number of rotatable bonds is 4. The first-order valence-corrected chi connectivity index (χ1v) is 5.93. The Hall–Kier alpha value is -0.940. The quantitative estimate of drug-likeness (QED) is 0.846. The van der Waals surface area contributed by atoms with E-state index in [-0.39, 0.29) is 12.1 Å². The van der Waals surface area contributed by atoms with Crippen LogP contribution in [0, 0.1) is 0 Å². The van der Waals surface area contributed by atoms with E-state index < -0.39 is 0 Å². The number of piperidine rings is 1. The summed E-state index contributed by atoms with van der Waals surface area (Å²) in [7, 11) is 0. The van der Waals surface area contributed by atoms with Crippen LogP contribution in [0.2, 0.25) is 0 Å². The van der Waals surface area contributed by atoms with Gasteiger partial charge in [0.05, 0.1) is 12.1 Å². The van der Waals surface area contributed by atoms with Crippen LogP contribution in [-0.4, -0.2) is 22.8 Å². The van der Waals surface area contributed by atoms with E-state index in [9.17, 15) is 0 Å². The summed E-state index contributed by atoms with van der Waals surface area (Å²) in [6.07, 6.45) is 3.73. The molecule has 1 aliphatic rings. The third kappa shape index (κ3) is 3.02. The van der Waals surface area contributed by atoms with Crippen LogP contribution in [0.5, 0.6) is 0 Å². The molecule has 90 valence electrons. The van der Waals surface area contributed by atoms with Gasteiger partial charge in [-0.3, -0.25) is 0 Å². The van der Waals surface area contributed by atoms with Gasteiger partial charge in [0.25, 0.3) is 5.89 Å². The lowest BCUT2D eigenvalue weighted by atomic mass is 10.0. The van der Waals surface area contributed by atoms with Gasteiger partial charge in [0.15, 0.2) is 5.82 Å². The molecule has 2 rings (SSSR count). The molecule has 0 bridgehead atoms. The van der Waals surface area contributed by atoms with E-state index in [2.05, 4.69) is 15.5 Å². The number of hydrogen-bond donors (Lipinski definition) is 1. The average Bonchev–Trinajstić information content (AvgIpc) is 2.76. The lowest BCUT2D eigenvalue weighted by molar-refractivity contribution is 0.0485. The summed E-state index contributed by atoms with van der Waals surface area (Å²) < 4.78 is 10.6. The number of ether oxygens (including phenoxy) is 1. The van der Waals surface area contributed by atoms with Crippen LogP contribution in [0.15, 0.2) is 4.52 Å². The Balaban J connectivity index is 1.90. The monoisotopic (exact) mass is 225 g/mol. The minimum absolute atomic E-state index is 0.183. The van der Waals surface area contributed by atoms with Gasteiger partial charge in [0.2, 0.25) is 0 Å². The minimum atomic E-state index is 0.183. The second-order valence-electron chi connectivity index (χ2n) is 4.41. The van der Waals surface area contributed by atoms with Gasteiger partial charge in [-0.1, -0.05) is 11.6 Å². The molecular formula is C11H19N3O2. The Morgan fingerprint density at radius 2 is 2.38 bits per heavy atom. The van der Waals surface area contributed by atoms with E-state index in [0.29, 0.717) is 12.5 Å². The molecule has 0 aliphatic carbocycles. The molecule has 0 saturated carbocycles. The maximum atomic E-state index is 5.41. The second kappa shape index (κ2) is 5.41. The first-order chi connectivity index (χ1) is 7.75. The molecule has 2 heterocycles. The van der Waals surface area contributed by atoms with Crippen LogP contribution in [0.4, 0.5) is 0 Å². The molecule has 1 aromatic heterocycles. The summed E-state index contributed by atoms with van der Waals surface area (Å²) in [5, 5.41) is 7.38. The molecule has 1 unspecified atom stereocenters. The third-order valence-corrected chi connectivity index (χ3v) is 2.65. The molecule has 1 aromatic rings. The smallest absolute Gasteiger partial charge is 0.252 e. The Kier molecular flexibility index (Phi) is 3.90.